The molecular weight excluding hydrogens is 170 g/mol. The molecule has 72 valence electrons. The third-order valence-electron chi connectivity index (χ3n) is 2.17. The van der Waals surface area contributed by atoms with E-state index in [0.29, 0.717) is 6.61 Å². The van der Waals surface area contributed by atoms with Gasteiger partial charge >= 0.3 is 0 Å². The average molecular weight is 183 g/mol. The van der Waals surface area contributed by atoms with Crippen LogP contribution in [0.4, 0.5) is 0 Å². The van der Waals surface area contributed by atoms with Gasteiger partial charge in [0, 0.05) is 6.54 Å². The molecule has 1 saturated carbocycles. The summed E-state index contributed by atoms with van der Waals surface area (Å²) in [4.78, 5) is 0. The number of aliphatic hydroxyl groups is 1. The first kappa shape index (κ1) is 8.65. The molecule has 5 heteroatoms. The molecule has 1 aromatic heterocycles. The first-order valence-corrected chi connectivity index (χ1v) is 4.46. The second kappa shape index (κ2) is 3.85. The van der Waals surface area contributed by atoms with Gasteiger partial charge in [-0.15, -0.1) is 5.10 Å². The maximum atomic E-state index is 8.48. The summed E-state index contributed by atoms with van der Waals surface area (Å²) < 4.78 is 6.73. The summed E-state index contributed by atoms with van der Waals surface area (Å²) in [7, 11) is 0. The molecule has 13 heavy (non-hydrogen) atoms. The Morgan fingerprint density at radius 3 is 3.15 bits per heavy atom. The van der Waals surface area contributed by atoms with Crippen molar-refractivity contribution in [1.82, 2.24) is 15.0 Å². The van der Waals surface area contributed by atoms with E-state index in [2.05, 4.69) is 10.3 Å². The molecule has 0 saturated heterocycles. The Hall–Kier alpha value is -0.940. The molecule has 0 spiro atoms. The summed E-state index contributed by atoms with van der Waals surface area (Å²) in [5.74, 6) is 0.773. The quantitative estimate of drug-likeness (QED) is 0.660. The molecule has 1 heterocycles. The number of nitrogens with zero attached hydrogens (tertiary/aromatic N) is 3. The van der Waals surface area contributed by atoms with Crippen LogP contribution in [0.2, 0.25) is 0 Å². The Morgan fingerprint density at radius 1 is 1.62 bits per heavy atom. The molecule has 5 nitrogen and oxygen atoms in total. The van der Waals surface area contributed by atoms with Gasteiger partial charge in [-0.2, -0.15) is 0 Å². The van der Waals surface area contributed by atoms with Gasteiger partial charge in [0.25, 0.3) is 0 Å². The standard InChI is InChI=1S/C8H13N3O2/c12-6-13-5-8-3-9-10-11(8)4-7-1-2-7/h3,7,12H,1-2,4-6H2. The molecule has 0 atom stereocenters. The van der Waals surface area contributed by atoms with Crippen molar-refractivity contribution in [2.45, 2.75) is 26.0 Å². The summed E-state index contributed by atoms with van der Waals surface area (Å²) in [6.07, 6.45) is 4.26. The minimum atomic E-state index is -0.255. The Balaban J connectivity index is 1.93. The van der Waals surface area contributed by atoms with Crippen molar-refractivity contribution < 1.29 is 9.84 Å². The van der Waals surface area contributed by atoms with Crippen LogP contribution in [-0.4, -0.2) is 26.9 Å². The van der Waals surface area contributed by atoms with E-state index >= 15 is 0 Å². The van der Waals surface area contributed by atoms with Crippen LogP contribution in [0, 0.1) is 5.92 Å². The number of ether oxygens (including phenoxy) is 1. The van der Waals surface area contributed by atoms with Crippen LogP contribution in [-0.2, 0) is 17.9 Å². The number of hydrogen-bond acceptors (Lipinski definition) is 4. The molecule has 0 aliphatic heterocycles. The van der Waals surface area contributed by atoms with E-state index in [-0.39, 0.29) is 6.79 Å². The molecule has 1 aliphatic carbocycles. The van der Waals surface area contributed by atoms with Gasteiger partial charge in [-0.1, -0.05) is 5.21 Å². The lowest BCUT2D eigenvalue weighted by molar-refractivity contribution is -0.0139. The molecular formula is C8H13N3O2. The molecule has 1 N–H and O–H groups in total. The average Bonchev–Trinajstić information content (AvgIpc) is 2.82. The molecule has 1 aromatic rings. The maximum Gasteiger partial charge on any atom is 0.144 e. The fourth-order valence-electron chi connectivity index (χ4n) is 1.24. The van der Waals surface area contributed by atoms with Gasteiger partial charge in [-0.3, -0.25) is 0 Å². The van der Waals surface area contributed by atoms with E-state index < -0.39 is 0 Å². The van der Waals surface area contributed by atoms with Crippen molar-refractivity contribution in [2.24, 2.45) is 5.92 Å². The van der Waals surface area contributed by atoms with E-state index in [9.17, 15) is 0 Å². The first-order chi connectivity index (χ1) is 6.40. The lowest BCUT2D eigenvalue weighted by Gasteiger charge is -2.03. The van der Waals surface area contributed by atoms with Gasteiger partial charge in [-0.05, 0) is 18.8 Å². The lowest BCUT2D eigenvalue weighted by atomic mass is 10.4. The lowest BCUT2D eigenvalue weighted by Crippen LogP contribution is -2.08. The van der Waals surface area contributed by atoms with Gasteiger partial charge in [-0.25, -0.2) is 4.68 Å². The highest BCUT2D eigenvalue weighted by molar-refractivity contribution is 4.92. The summed E-state index contributed by atoms with van der Waals surface area (Å²) in [5.41, 5.74) is 0.931. The molecule has 0 bridgehead atoms. The first-order valence-electron chi connectivity index (χ1n) is 4.46. The summed E-state index contributed by atoms with van der Waals surface area (Å²) >= 11 is 0. The largest absolute Gasteiger partial charge is 0.371 e. The van der Waals surface area contributed by atoms with Crippen LogP contribution in [0.1, 0.15) is 18.5 Å². The smallest absolute Gasteiger partial charge is 0.144 e. The van der Waals surface area contributed by atoms with Crippen molar-refractivity contribution >= 4 is 0 Å². The van der Waals surface area contributed by atoms with Gasteiger partial charge in [0.15, 0.2) is 0 Å². The molecule has 0 amide bonds. The highest BCUT2D eigenvalue weighted by Crippen LogP contribution is 2.30. The van der Waals surface area contributed by atoms with Crippen molar-refractivity contribution in [2.75, 3.05) is 6.79 Å². The van der Waals surface area contributed by atoms with Crippen LogP contribution in [0.15, 0.2) is 6.20 Å². The minimum Gasteiger partial charge on any atom is -0.371 e. The van der Waals surface area contributed by atoms with Crippen LogP contribution in [0.25, 0.3) is 0 Å². The SMILES string of the molecule is OCOCc1cnnn1CC1CC1. The number of rotatable bonds is 5. The van der Waals surface area contributed by atoms with Crippen molar-refractivity contribution in [3.05, 3.63) is 11.9 Å². The van der Waals surface area contributed by atoms with Crippen LogP contribution in [0.5, 0.6) is 0 Å². The Labute approximate surface area is 76.3 Å². The molecule has 1 fully saturated rings. The predicted molar refractivity (Wildman–Crippen MR) is 44.6 cm³/mol. The van der Waals surface area contributed by atoms with Gasteiger partial charge in [0.1, 0.15) is 6.79 Å². The van der Waals surface area contributed by atoms with Gasteiger partial charge in [0.05, 0.1) is 18.5 Å². The molecule has 0 radical (unpaired) electrons. The zero-order valence-electron chi connectivity index (χ0n) is 7.39. The molecule has 2 rings (SSSR count). The summed E-state index contributed by atoms with van der Waals surface area (Å²) in [6.45, 7) is 1.06. The minimum absolute atomic E-state index is 0.255. The second-order valence-electron chi connectivity index (χ2n) is 3.33. The third-order valence-corrected chi connectivity index (χ3v) is 2.17. The fourth-order valence-corrected chi connectivity index (χ4v) is 1.24. The predicted octanol–water partition coefficient (Wildman–Crippen LogP) is 0.154. The van der Waals surface area contributed by atoms with Crippen molar-refractivity contribution in [1.29, 1.82) is 0 Å². The van der Waals surface area contributed by atoms with Crippen molar-refractivity contribution in [3.8, 4) is 0 Å². The highest BCUT2D eigenvalue weighted by Gasteiger charge is 2.23. The Morgan fingerprint density at radius 2 is 2.46 bits per heavy atom. The number of aromatic nitrogens is 3. The zero-order valence-corrected chi connectivity index (χ0v) is 7.39. The Kier molecular flexibility index (Phi) is 2.56. The molecule has 0 aromatic carbocycles. The number of aliphatic hydroxyl groups excluding tert-OH is 1. The van der Waals surface area contributed by atoms with E-state index in [0.717, 1.165) is 18.2 Å². The third kappa shape index (κ3) is 2.26. The maximum absolute atomic E-state index is 8.48. The van der Waals surface area contributed by atoms with E-state index in [4.69, 9.17) is 9.84 Å². The second-order valence-corrected chi connectivity index (χ2v) is 3.33. The van der Waals surface area contributed by atoms with Crippen LogP contribution >= 0.6 is 0 Å². The number of hydrogen-bond donors (Lipinski definition) is 1. The highest BCUT2D eigenvalue weighted by atomic mass is 16.6. The zero-order chi connectivity index (χ0) is 9.10. The summed E-state index contributed by atoms with van der Waals surface area (Å²) in [5, 5.41) is 16.2. The summed E-state index contributed by atoms with van der Waals surface area (Å²) in [6, 6.07) is 0. The van der Waals surface area contributed by atoms with E-state index in [1.54, 1.807) is 6.20 Å². The Bertz CT molecular complexity index is 270. The van der Waals surface area contributed by atoms with E-state index in [1.807, 2.05) is 4.68 Å². The molecule has 0 unspecified atom stereocenters. The van der Waals surface area contributed by atoms with Crippen LogP contribution < -0.4 is 0 Å². The van der Waals surface area contributed by atoms with Crippen molar-refractivity contribution in [3.63, 3.8) is 0 Å². The van der Waals surface area contributed by atoms with Crippen LogP contribution in [0.3, 0.4) is 0 Å². The van der Waals surface area contributed by atoms with E-state index in [1.165, 1.54) is 12.8 Å². The van der Waals surface area contributed by atoms with Gasteiger partial charge < -0.3 is 9.84 Å². The topological polar surface area (TPSA) is 60.2 Å². The van der Waals surface area contributed by atoms with Gasteiger partial charge in [0.2, 0.25) is 0 Å². The monoisotopic (exact) mass is 183 g/mol. The molecule has 1 aliphatic rings. The fraction of sp³-hybridized carbons (Fsp3) is 0.750. The normalized spacial score (nSPS) is 16.4.